The molecule has 0 aliphatic carbocycles. The van der Waals surface area contributed by atoms with E-state index in [9.17, 15) is 13.2 Å². The number of H-pyrrole nitrogens is 1. The minimum atomic E-state index is -4.43. The minimum absolute atomic E-state index is 0.0924. The number of hydrogen-bond donors (Lipinski definition) is 3. The molecule has 3 heterocycles. The summed E-state index contributed by atoms with van der Waals surface area (Å²) in [7, 11) is 0. The molecular weight excluding hydrogens is 435 g/mol. The summed E-state index contributed by atoms with van der Waals surface area (Å²) in [6.07, 6.45) is -3.67. The second-order valence-corrected chi connectivity index (χ2v) is 7.68. The van der Waals surface area contributed by atoms with E-state index >= 15 is 0 Å². The highest BCUT2D eigenvalue weighted by molar-refractivity contribution is 5.81. The molecule has 7 nitrogen and oxygen atoms in total. The number of nitrogens with one attached hydrogen (secondary N) is 3. The van der Waals surface area contributed by atoms with Gasteiger partial charge in [0, 0.05) is 24.5 Å². The lowest BCUT2D eigenvalue weighted by atomic mass is 10.2. The molecule has 2 aromatic carbocycles. The van der Waals surface area contributed by atoms with Crippen LogP contribution in [-0.4, -0.2) is 34.2 Å². The third-order valence-corrected chi connectivity index (χ3v) is 5.16. The highest BCUT2D eigenvalue weighted by atomic mass is 19.4. The number of imidazole rings is 1. The molecule has 170 valence electrons. The van der Waals surface area contributed by atoms with Crippen molar-refractivity contribution in [1.29, 1.82) is 0 Å². The number of alkyl halides is 3. The summed E-state index contributed by atoms with van der Waals surface area (Å²) in [4.78, 5) is 11.5. The normalized spacial score (nSPS) is 14.2. The molecule has 1 saturated heterocycles. The number of pyridine rings is 1. The number of anilines is 2. The fourth-order valence-corrected chi connectivity index (χ4v) is 3.33. The number of aromatic nitrogens is 3. The van der Waals surface area contributed by atoms with E-state index in [0.29, 0.717) is 24.3 Å². The number of benzene rings is 2. The second kappa shape index (κ2) is 8.62. The molecule has 1 fully saturated rings. The predicted octanol–water partition coefficient (Wildman–Crippen LogP) is 5.19. The lowest BCUT2D eigenvalue weighted by Gasteiger charge is -2.27. The first-order valence-electron chi connectivity index (χ1n) is 10.3. The molecule has 0 amide bonds. The van der Waals surface area contributed by atoms with Gasteiger partial charge >= 0.3 is 6.18 Å². The number of rotatable bonds is 7. The van der Waals surface area contributed by atoms with Crippen molar-refractivity contribution in [1.82, 2.24) is 15.0 Å². The first kappa shape index (κ1) is 21.1. The summed E-state index contributed by atoms with van der Waals surface area (Å²) in [5.41, 5.74) is 2.97. The van der Waals surface area contributed by atoms with Gasteiger partial charge in [-0.05, 0) is 42.0 Å². The van der Waals surface area contributed by atoms with Gasteiger partial charge in [-0.3, -0.25) is 0 Å². The zero-order valence-electron chi connectivity index (χ0n) is 17.3. The van der Waals surface area contributed by atoms with Crippen LogP contribution in [0.3, 0.4) is 0 Å². The van der Waals surface area contributed by atoms with Crippen molar-refractivity contribution in [2.75, 3.05) is 23.8 Å². The average molecular weight is 455 g/mol. The summed E-state index contributed by atoms with van der Waals surface area (Å²) in [5, 5.41) is 6.67. The molecule has 0 bridgehead atoms. The van der Waals surface area contributed by atoms with Gasteiger partial charge in [-0.2, -0.15) is 13.2 Å². The quantitative estimate of drug-likeness (QED) is 0.356. The molecule has 4 aromatic rings. The number of hydrogen-bond acceptors (Lipinski definition) is 6. The van der Waals surface area contributed by atoms with Crippen LogP contribution in [0.1, 0.15) is 11.1 Å². The van der Waals surface area contributed by atoms with E-state index in [1.165, 1.54) is 6.07 Å². The van der Waals surface area contributed by atoms with Gasteiger partial charge in [-0.1, -0.05) is 12.1 Å². The Morgan fingerprint density at radius 1 is 1.06 bits per heavy atom. The Kier molecular flexibility index (Phi) is 5.51. The molecule has 1 aliphatic rings. The van der Waals surface area contributed by atoms with Gasteiger partial charge in [0.15, 0.2) is 0 Å². The van der Waals surface area contributed by atoms with Crippen molar-refractivity contribution in [3.05, 3.63) is 71.9 Å². The molecule has 0 saturated carbocycles. The van der Waals surface area contributed by atoms with Crippen LogP contribution in [0.4, 0.5) is 24.8 Å². The third-order valence-electron chi connectivity index (χ3n) is 5.16. The lowest BCUT2D eigenvalue weighted by Crippen LogP contribution is -2.40. The fourth-order valence-electron chi connectivity index (χ4n) is 3.33. The number of fused-ring (bicyclic) bond motifs is 1. The van der Waals surface area contributed by atoms with E-state index < -0.39 is 11.7 Å². The van der Waals surface area contributed by atoms with Gasteiger partial charge in [-0.25, -0.2) is 9.97 Å². The van der Waals surface area contributed by atoms with Crippen molar-refractivity contribution in [3.8, 4) is 11.6 Å². The molecule has 1 aliphatic heterocycles. The van der Waals surface area contributed by atoms with E-state index in [2.05, 4.69) is 25.6 Å². The van der Waals surface area contributed by atoms with E-state index in [0.717, 1.165) is 47.8 Å². The Balaban J connectivity index is 1.17. The topological polar surface area (TPSA) is 84.1 Å². The molecule has 0 unspecified atom stereocenters. The number of ether oxygens (including phenoxy) is 2. The number of halogens is 3. The molecule has 2 aromatic heterocycles. The van der Waals surface area contributed by atoms with Crippen LogP contribution in [-0.2, 0) is 17.5 Å². The van der Waals surface area contributed by atoms with Crippen LogP contribution in [0.15, 0.2) is 60.8 Å². The van der Waals surface area contributed by atoms with Gasteiger partial charge in [0.05, 0.1) is 35.9 Å². The Bertz CT molecular complexity index is 1240. The fraction of sp³-hybridized carbons (Fsp3) is 0.217. The molecule has 33 heavy (non-hydrogen) atoms. The third kappa shape index (κ3) is 5.01. The first-order valence-corrected chi connectivity index (χ1v) is 10.3. The van der Waals surface area contributed by atoms with E-state index in [4.69, 9.17) is 9.47 Å². The Hall–Kier alpha value is -3.79. The summed E-state index contributed by atoms with van der Waals surface area (Å²) in [5.74, 6) is 1.23. The average Bonchev–Trinajstić information content (AvgIpc) is 3.18. The molecular formula is C23H20F3N5O2. The van der Waals surface area contributed by atoms with Crippen LogP contribution in [0.5, 0.6) is 11.6 Å². The Labute approximate surface area is 187 Å². The first-order chi connectivity index (χ1) is 15.9. The zero-order valence-corrected chi connectivity index (χ0v) is 17.3. The number of aromatic amines is 1. The maximum Gasteiger partial charge on any atom is 0.417 e. The van der Waals surface area contributed by atoms with Gasteiger partial charge in [-0.15, -0.1) is 0 Å². The lowest BCUT2D eigenvalue weighted by molar-refractivity contribution is -0.137. The van der Waals surface area contributed by atoms with Gasteiger partial charge < -0.3 is 25.1 Å². The summed E-state index contributed by atoms with van der Waals surface area (Å²) < 4.78 is 48.6. The predicted molar refractivity (Wildman–Crippen MR) is 117 cm³/mol. The summed E-state index contributed by atoms with van der Waals surface area (Å²) >= 11 is 0. The van der Waals surface area contributed by atoms with Crippen LogP contribution in [0.2, 0.25) is 0 Å². The maximum absolute atomic E-state index is 12.6. The Morgan fingerprint density at radius 3 is 2.55 bits per heavy atom. The SMILES string of the molecule is FC(F)(F)c1ccc(Oc2ccc(CNc3nc4ccc(NC5COC5)cc4[nH]3)cc2)nc1. The molecule has 5 rings (SSSR count). The smallest absolute Gasteiger partial charge is 0.417 e. The Morgan fingerprint density at radius 2 is 1.88 bits per heavy atom. The molecule has 0 radical (unpaired) electrons. The summed E-state index contributed by atoms with van der Waals surface area (Å²) in [6.45, 7) is 1.97. The maximum atomic E-state index is 12.6. The van der Waals surface area contributed by atoms with Gasteiger partial charge in [0.2, 0.25) is 11.8 Å². The highest BCUT2D eigenvalue weighted by Gasteiger charge is 2.30. The van der Waals surface area contributed by atoms with Crippen LogP contribution >= 0.6 is 0 Å². The zero-order chi connectivity index (χ0) is 22.8. The van der Waals surface area contributed by atoms with Crippen LogP contribution < -0.4 is 15.4 Å². The standard InChI is InChI=1S/C23H20F3N5O2/c24-23(25,26)15-3-8-21(27-11-15)33-18-5-1-14(2-6-18)10-28-22-30-19-7-4-16(9-20(19)31-22)29-17-12-32-13-17/h1-9,11,17,29H,10,12-13H2,(H2,28,30,31). The second-order valence-electron chi connectivity index (χ2n) is 7.68. The molecule has 0 spiro atoms. The van der Waals surface area contributed by atoms with Crippen molar-refractivity contribution in [2.24, 2.45) is 0 Å². The minimum Gasteiger partial charge on any atom is -0.439 e. The number of nitrogens with zero attached hydrogens (tertiary/aromatic N) is 2. The van der Waals surface area contributed by atoms with Crippen molar-refractivity contribution < 1.29 is 22.6 Å². The molecule has 3 N–H and O–H groups in total. The molecule has 10 heteroatoms. The highest BCUT2D eigenvalue weighted by Crippen LogP contribution is 2.30. The van der Waals surface area contributed by atoms with Crippen molar-refractivity contribution >= 4 is 22.7 Å². The van der Waals surface area contributed by atoms with Crippen LogP contribution in [0, 0.1) is 0 Å². The van der Waals surface area contributed by atoms with Crippen LogP contribution in [0.25, 0.3) is 11.0 Å². The van der Waals surface area contributed by atoms with Crippen molar-refractivity contribution in [3.63, 3.8) is 0 Å². The molecule has 0 atom stereocenters. The van der Waals surface area contributed by atoms with Gasteiger partial charge in [0.25, 0.3) is 0 Å². The van der Waals surface area contributed by atoms with E-state index in [1.54, 1.807) is 12.1 Å². The van der Waals surface area contributed by atoms with E-state index in [1.807, 2.05) is 30.3 Å². The van der Waals surface area contributed by atoms with Crippen molar-refractivity contribution in [2.45, 2.75) is 18.8 Å². The monoisotopic (exact) mass is 455 g/mol. The van der Waals surface area contributed by atoms with Gasteiger partial charge in [0.1, 0.15) is 5.75 Å². The van der Waals surface area contributed by atoms with E-state index in [-0.39, 0.29) is 5.88 Å². The summed E-state index contributed by atoms with van der Waals surface area (Å²) in [6, 6.07) is 15.6. The largest absolute Gasteiger partial charge is 0.439 e.